The number of unbranched alkanes of at least 4 members (excludes halogenated alkanes) is 1. The number of carbonyl (C=O) groups excluding carboxylic acids is 1. The van der Waals surface area contributed by atoms with Gasteiger partial charge in [-0.1, -0.05) is 17.4 Å². The van der Waals surface area contributed by atoms with E-state index in [1.807, 2.05) is 37.3 Å². The number of piperidine rings is 1. The Balaban J connectivity index is 1.15. The van der Waals surface area contributed by atoms with Crippen molar-refractivity contribution in [2.24, 2.45) is 0 Å². The number of nitrogens with zero attached hydrogens (tertiary/aromatic N) is 3. The van der Waals surface area contributed by atoms with Crippen LogP contribution in [0.5, 0.6) is 0 Å². The predicted molar refractivity (Wildman–Crippen MR) is 149 cm³/mol. The summed E-state index contributed by atoms with van der Waals surface area (Å²) in [7, 11) is 0. The summed E-state index contributed by atoms with van der Waals surface area (Å²) in [6.07, 6.45) is 5.07. The molecular weight excluding hydrogens is 502 g/mol. The first-order valence-electron chi connectivity index (χ1n) is 13.8. The van der Waals surface area contributed by atoms with Gasteiger partial charge in [-0.15, -0.1) is 0 Å². The van der Waals surface area contributed by atoms with E-state index >= 15 is 4.39 Å². The van der Waals surface area contributed by atoms with Gasteiger partial charge >= 0.3 is 0 Å². The van der Waals surface area contributed by atoms with E-state index in [1.165, 1.54) is 11.3 Å². The highest BCUT2D eigenvalue weighted by molar-refractivity contribution is 7.23. The fraction of sp³-hybridized carbons (Fsp3) is 0.467. The summed E-state index contributed by atoms with van der Waals surface area (Å²) in [5.74, 6) is -0.0918. The quantitative estimate of drug-likeness (QED) is 0.197. The fourth-order valence-electron chi connectivity index (χ4n) is 5.94. The van der Waals surface area contributed by atoms with Crippen LogP contribution in [0.4, 0.5) is 8.78 Å². The molecule has 4 heterocycles. The Labute approximate surface area is 225 Å². The van der Waals surface area contributed by atoms with Gasteiger partial charge in [0.05, 0.1) is 15.9 Å². The molecule has 0 radical (unpaired) electrons. The molecule has 2 aliphatic rings. The molecule has 6 rings (SSSR count). The molecule has 2 aromatic carbocycles. The average Bonchev–Trinajstić information content (AvgIpc) is 3.64. The first-order valence-corrected chi connectivity index (χ1v) is 14.6. The van der Waals surface area contributed by atoms with Crippen molar-refractivity contribution in [1.29, 1.82) is 0 Å². The van der Waals surface area contributed by atoms with Crippen molar-refractivity contribution in [2.45, 2.75) is 64.1 Å². The van der Waals surface area contributed by atoms with Gasteiger partial charge in [0.2, 0.25) is 0 Å². The number of Topliss-reactive ketones (excluding diaryl/α,β-unsaturated/α-hetero) is 1. The number of carbonyl (C=O) groups is 1. The van der Waals surface area contributed by atoms with Gasteiger partial charge in [-0.2, -0.15) is 0 Å². The summed E-state index contributed by atoms with van der Waals surface area (Å²) in [5, 5.41) is 3.43. The molecule has 2 saturated heterocycles. The zero-order valence-corrected chi connectivity index (χ0v) is 22.6. The van der Waals surface area contributed by atoms with Crippen molar-refractivity contribution in [3.05, 3.63) is 59.0 Å². The number of imidazole rings is 1. The van der Waals surface area contributed by atoms with Gasteiger partial charge in [0, 0.05) is 42.4 Å². The molecule has 38 heavy (non-hydrogen) atoms. The number of aromatic nitrogens is 2. The van der Waals surface area contributed by atoms with Crippen LogP contribution in [0.25, 0.3) is 26.4 Å². The summed E-state index contributed by atoms with van der Waals surface area (Å²) in [4.78, 5) is 20.8. The highest BCUT2D eigenvalue weighted by Crippen LogP contribution is 2.35. The Morgan fingerprint density at radius 1 is 1.13 bits per heavy atom. The van der Waals surface area contributed by atoms with E-state index in [9.17, 15) is 9.18 Å². The van der Waals surface area contributed by atoms with Gasteiger partial charge in [0.25, 0.3) is 0 Å². The minimum atomic E-state index is -0.648. The van der Waals surface area contributed by atoms with Crippen LogP contribution in [-0.2, 0) is 0 Å². The Morgan fingerprint density at radius 2 is 1.97 bits per heavy atom. The lowest BCUT2D eigenvalue weighted by molar-refractivity contribution is 0.0976. The second kappa shape index (κ2) is 10.8. The summed E-state index contributed by atoms with van der Waals surface area (Å²) in [6.45, 7) is 5.53. The number of hydrogen-bond acceptors (Lipinski definition) is 5. The van der Waals surface area contributed by atoms with Crippen molar-refractivity contribution >= 4 is 32.3 Å². The first-order chi connectivity index (χ1) is 18.5. The van der Waals surface area contributed by atoms with E-state index in [0.717, 1.165) is 83.9 Å². The van der Waals surface area contributed by atoms with Crippen molar-refractivity contribution in [3.63, 3.8) is 0 Å². The van der Waals surface area contributed by atoms with E-state index in [4.69, 9.17) is 4.98 Å². The first kappa shape index (κ1) is 25.6. The van der Waals surface area contributed by atoms with Gasteiger partial charge in [0.15, 0.2) is 10.7 Å². The molecule has 4 aromatic rings. The lowest BCUT2D eigenvalue weighted by Crippen LogP contribution is -2.35. The molecule has 2 aliphatic heterocycles. The van der Waals surface area contributed by atoms with Crippen LogP contribution in [0, 0.1) is 12.7 Å². The molecule has 2 fully saturated rings. The van der Waals surface area contributed by atoms with Gasteiger partial charge < -0.3 is 10.2 Å². The largest absolute Gasteiger partial charge is 0.310 e. The van der Waals surface area contributed by atoms with Gasteiger partial charge in [-0.05, 0) is 94.4 Å². The SMILES string of the molecule is Cc1c(-c2ccc([C@H]3CCCN3)cc2F)nc2sc3cc(C(=O)CCCCN4CCC(F)CC4)ccc3n12. The number of ketones is 1. The van der Waals surface area contributed by atoms with Crippen LogP contribution in [-0.4, -0.2) is 52.4 Å². The number of thiazole rings is 1. The number of likely N-dealkylation sites (tertiary alicyclic amines) is 1. The molecule has 0 unspecified atom stereocenters. The summed E-state index contributed by atoms with van der Waals surface area (Å²) >= 11 is 1.53. The molecule has 0 amide bonds. The molecular formula is C30H34F2N4OS. The lowest BCUT2D eigenvalue weighted by Gasteiger charge is -2.28. The summed E-state index contributed by atoms with van der Waals surface area (Å²) in [6, 6.07) is 11.6. The van der Waals surface area contributed by atoms with Gasteiger partial charge in [0.1, 0.15) is 12.0 Å². The third kappa shape index (κ3) is 5.01. The van der Waals surface area contributed by atoms with Gasteiger partial charge in [-0.25, -0.2) is 13.8 Å². The third-order valence-electron chi connectivity index (χ3n) is 8.16. The maximum atomic E-state index is 15.2. The number of halogens is 2. The summed E-state index contributed by atoms with van der Waals surface area (Å²) in [5.41, 5.74) is 4.78. The Morgan fingerprint density at radius 3 is 2.74 bits per heavy atom. The van der Waals surface area contributed by atoms with Crippen LogP contribution in [0.1, 0.15) is 72.6 Å². The fourth-order valence-corrected chi connectivity index (χ4v) is 7.05. The van der Waals surface area contributed by atoms with Gasteiger partial charge in [-0.3, -0.25) is 9.20 Å². The van der Waals surface area contributed by atoms with Crippen LogP contribution in [0.15, 0.2) is 36.4 Å². The topological polar surface area (TPSA) is 49.6 Å². The molecule has 8 heteroatoms. The summed E-state index contributed by atoms with van der Waals surface area (Å²) < 4.78 is 31.6. The lowest BCUT2D eigenvalue weighted by atomic mass is 10.0. The normalized spacial score (nSPS) is 19.2. The minimum Gasteiger partial charge on any atom is -0.310 e. The Hall–Kier alpha value is -2.68. The number of hydrogen-bond donors (Lipinski definition) is 1. The van der Waals surface area contributed by atoms with Crippen LogP contribution in [0.2, 0.25) is 0 Å². The molecule has 200 valence electrons. The average molecular weight is 537 g/mol. The van der Waals surface area contributed by atoms with Crippen molar-refractivity contribution < 1.29 is 13.6 Å². The molecule has 0 saturated carbocycles. The van der Waals surface area contributed by atoms with E-state index in [1.54, 1.807) is 6.07 Å². The Kier molecular flexibility index (Phi) is 7.29. The number of nitrogens with one attached hydrogen (secondary N) is 1. The molecule has 1 N–H and O–H groups in total. The Bertz CT molecular complexity index is 1460. The van der Waals surface area contributed by atoms with Crippen molar-refractivity contribution in [3.8, 4) is 11.3 Å². The number of benzene rings is 2. The molecule has 0 bridgehead atoms. The number of fused-ring (bicyclic) bond motifs is 3. The second-order valence-electron chi connectivity index (χ2n) is 10.7. The van der Waals surface area contributed by atoms with Crippen molar-refractivity contribution in [2.75, 3.05) is 26.2 Å². The van der Waals surface area contributed by atoms with Crippen LogP contribution >= 0.6 is 11.3 Å². The monoisotopic (exact) mass is 536 g/mol. The second-order valence-corrected chi connectivity index (χ2v) is 11.7. The highest BCUT2D eigenvalue weighted by atomic mass is 32.1. The maximum Gasteiger partial charge on any atom is 0.195 e. The van der Waals surface area contributed by atoms with E-state index in [0.29, 0.717) is 30.5 Å². The zero-order valence-electron chi connectivity index (χ0n) is 21.8. The smallest absolute Gasteiger partial charge is 0.195 e. The predicted octanol–water partition coefficient (Wildman–Crippen LogP) is 6.87. The third-order valence-corrected chi connectivity index (χ3v) is 9.16. The number of alkyl halides is 1. The highest BCUT2D eigenvalue weighted by Gasteiger charge is 2.22. The molecule has 0 spiro atoms. The van der Waals surface area contributed by atoms with Crippen molar-refractivity contribution in [1.82, 2.24) is 19.6 Å². The molecule has 5 nitrogen and oxygen atoms in total. The van der Waals surface area contributed by atoms with Crippen LogP contribution < -0.4 is 5.32 Å². The maximum absolute atomic E-state index is 15.2. The molecule has 0 aliphatic carbocycles. The molecule has 1 atom stereocenters. The molecule has 2 aromatic heterocycles. The minimum absolute atomic E-state index is 0.150. The zero-order chi connectivity index (χ0) is 26.2. The number of aryl methyl sites for hydroxylation is 1. The van der Waals surface area contributed by atoms with Crippen LogP contribution in [0.3, 0.4) is 0 Å². The standard InChI is InChI=1S/C30H34F2N4OS/c1-19-29(23-9-7-20(17-24(23)32)25-5-4-13-33-25)34-30-36(19)26-10-8-21(18-28(26)38-30)27(37)6-2-3-14-35-15-11-22(31)12-16-35/h7-10,17-18,22,25,33H,2-6,11-16H2,1H3/t25-/m1/s1. The van der Waals surface area contributed by atoms with E-state index in [2.05, 4.69) is 14.6 Å². The number of rotatable bonds is 8. The van der Waals surface area contributed by atoms with E-state index < -0.39 is 6.17 Å². The van der Waals surface area contributed by atoms with E-state index in [-0.39, 0.29) is 17.6 Å².